The van der Waals surface area contributed by atoms with Crippen LogP contribution in [-0.4, -0.2) is 67.7 Å². The van der Waals surface area contributed by atoms with E-state index in [2.05, 4.69) is 17.0 Å². The number of hydrogen-bond donors (Lipinski definition) is 0. The Hall–Kier alpha value is -1.74. The van der Waals surface area contributed by atoms with Crippen LogP contribution in [0.5, 0.6) is 0 Å². The van der Waals surface area contributed by atoms with E-state index >= 15 is 0 Å². The third-order valence-corrected chi connectivity index (χ3v) is 9.05. The zero-order valence-corrected chi connectivity index (χ0v) is 18.1. The van der Waals surface area contributed by atoms with E-state index in [0.717, 1.165) is 50.4 Å². The van der Waals surface area contributed by atoms with Crippen LogP contribution in [0, 0.1) is 0 Å². The highest BCUT2D eigenvalue weighted by Crippen LogP contribution is 2.27. The average molecular weight is 434 g/mol. The van der Waals surface area contributed by atoms with Gasteiger partial charge in [-0.05, 0) is 30.5 Å². The van der Waals surface area contributed by atoms with Crippen LogP contribution in [0.25, 0.3) is 0 Å². The summed E-state index contributed by atoms with van der Waals surface area (Å²) >= 11 is 1.23. The summed E-state index contributed by atoms with van der Waals surface area (Å²) in [7, 11) is -3.49. The molecule has 2 aliphatic heterocycles. The quantitative estimate of drug-likeness (QED) is 0.702. The van der Waals surface area contributed by atoms with Crippen LogP contribution >= 0.6 is 11.3 Å². The van der Waals surface area contributed by atoms with Gasteiger partial charge in [0.25, 0.3) is 10.0 Å². The fraction of sp³-hybridized carbons (Fsp3) is 0.476. The Bertz CT molecular complexity index is 929. The largest absolute Gasteiger partial charge is 0.342 e. The molecule has 0 bridgehead atoms. The van der Waals surface area contributed by atoms with Gasteiger partial charge < -0.3 is 4.90 Å². The summed E-state index contributed by atoms with van der Waals surface area (Å²) in [6.45, 7) is 4.92. The van der Waals surface area contributed by atoms with Gasteiger partial charge in [0.1, 0.15) is 4.21 Å². The predicted octanol–water partition coefficient (Wildman–Crippen LogP) is 2.42. The van der Waals surface area contributed by atoms with Gasteiger partial charge in [-0.15, -0.1) is 11.3 Å². The number of nitrogens with zero attached hydrogens (tertiary/aromatic N) is 3. The van der Waals surface area contributed by atoms with E-state index in [9.17, 15) is 13.2 Å². The van der Waals surface area contributed by atoms with Crippen molar-refractivity contribution in [1.82, 2.24) is 14.1 Å². The van der Waals surface area contributed by atoms with E-state index in [0.29, 0.717) is 23.7 Å². The zero-order chi connectivity index (χ0) is 20.3. The molecule has 0 atom stereocenters. The summed E-state index contributed by atoms with van der Waals surface area (Å²) in [5.41, 5.74) is 1.24. The molecule has 29 heavy (non-hydrogen) atoms. The third kappa shape index (κ3) is 4.88. The monoisotopic (exact) mass is 433 g/mol. The molecule has 1 aromatic heterocycles. The summed E-state index contributed by atoms with van der Waals surface area (Å²) < 4.78 is 28.0. The lowest BCUT2D eigenvalue weighted by atomic mass is 10.2. The van der Waals surface area contributed by atoms with Gasteiger partial charge in [0.15, 0.2) is 0 Å². The smallest absolute Gasteiger partial charge is 0.252 e. The van der Waals surface area contributed by atoms with E-state index in [1.54, 1.807) is 16.4 Å². The number of likely N-dealkylation sites (tertiary alicyclic amines) is 1. The van der Waals surface area contributed by atoms with E-state index in [4.69, 9.17) is 0 Å². The van der Waals surface area contributed by atoms with E-state index in [1.807, 2.05) is 23.1 Å². The maximum absolute atomic E-state index is 13.0. The molecular formula is C21H27N3O3S2. The van der Waals surface area contributed by atoms with E-state index in [-0.39, 0.29) is 5.91 Å². The van der Waals surface area contributed by atoms with Crippen LogP contribution in [0.15, 0.2) is 46.7 Å². The number of rotatable bonds is 6. The first-order valence-electron chi connectivity index (χ1n) is 10.2. The van der Waals surface area contributed by atoms with Crippen molar-refractivity contribution in [3.63, 3.8) is 0 Å². The Balaban J connectivity index is 1.34. The topological polar surface area (TPSA) is 60.9 Å². The van der Waals surface area contributed by atoms with Gasteiger partial charge in [0.05, 0.1) is 6.42 Å². The Kier molecular flexibility index (Phi) is 6.34. The molecule has 2 saturated heterocycles. The Labute approximate surface area is 176 Å². The van der Waals surface area contributed by atoms with Gasteiger partial charge in [0, 0.05) is 50.7 Å². The van der Waals surface area contributed by atoms with E-state index < -0.39 is 10.0 Å². The molecule has 1 amide bonds. The maximum atomic E-state index is 13.0. The fourth-order valence-electron chi connectivity index (χ4n) is 3.92. The predicted molar refractivity (Wildman–Crippen MR) is 114 cm³/mol. The second kappa shape index (κ2) is 8.95. The first-order chi connectivity index (χ1) is 14.0. The number of thiophene rings is 1. The van der Waals surface area contributed by atoms with Gasteiger partial charge >= 0.3 is 0 Å². The number of piperazine rings is 1. The van der Waals surface area contributed by atoms with Gasteiger partial charge in [-0.2, -0.15) is 4.31 Å². The number of benzene rings is 1. The molecule has 2 aromatic rings. The Morgan fingerprint density at radius 3 is 2.28 bits per heavy atom. The Morgan fingerprint density at radius 2 is 1.59 bits per heavy atom. The van der Waals surface area contributed by atoms with Crippen molar-refractivity contribution in [3.05, 3.63) is 52.9 Å². The standard InChI is InChI=1S/C21H27N3O3S2/c25-20(23-10-4-5-11-23)16-19-8-9-21(28-19)29(26,27)24-14-12-22(13-15-24)17-18-6-2-1-3-7-18/h1-3,6-9H,4-5,10-17H2. The van der Waals surface area contributed by atoms with Crippen LogP contribution in [0.3, 0.4) is 0 Å². The fourth-order valence-corrected chi connectivity index (χ4v) is 6.84. The van der Waals surface area contributed by atoms with Crippen LogP contribution in [-0.2, 0) is 27.8 Å². The normalized spacial score (nSPS) is 19.0. The van der Waals surface area contributed by atoms with Crippen LogP contribution in [0.4, 0.5) is 0 Å². The first-order valence-corrected chi connectivity index (χ1v) is 12.4. The third-order valence-electron chi connectivity index (χ3n) is 5.60. The summed E-state index contributed by atoms with van der Waals surface area (Å²) in [6.07, 6.45) is 2.42. The van der Waals surface area contributed by atoms with Gasteiger partial charge in [-0.1, -0.05) is 30.3 Å². The number of carbonyl (C=O) groups excluding carboxylic acids is 1. The molecule has 0 aliphatic carbocycles. The number of amides is 1. The van der Waals surface area contributed by atoms with Gasteiger partial charge in [0.2, 0.25) is 5.91 Å². The van der Waals surface area contributed by atoms with Crippen LogP contribution in [0.2, 0.25) is 0 Å². The van der Waals surface area contributed by atoms with Crippen LogP contribution < -0.4 is 0 Å². The summed E-state index contributed by atoms with van der Waals surface area (Å²) in [5.74, 6) is 0.0998. The van der Waals surface area contributed by atoms with Crippen molar-refractivity contribution < 1.29 is 13.2 Å². The van der Waals surface area contributed by atoms with Crippen LogP contribution in [0.1, 0.15) is 23.3 Å². The van der Waals surface area contributed by atoms with Crippen molar-refractivity contribution in [2.45, 2.75) is 30.0 Å². The molecule has 6 nitrogen and oxygen atoms in total. The number of hydrogen-bond acceptors (Lipinski definition) is 5. The summed E-state index contributed by atoms with van der Waals surface area (Å²) in [4.78, 5) is 17.3. The Morgan fingerprint density at radius 1 is 0.897 bits per heavy atom. The van der Waals surface area contributed by atoms with Gasteiger partial charge in [-0.25, -0.2) is 8.42 Å². The molecular weight excluding hydrogens is 406 g/mol. The maximum Gasteiger partial charge on any atom is 0.252 e. The van der Waals surface area contributed by atoms with Crippen molar-refractivity contribution in [2.24, 2.45) is 0 Å². The highest BCUT2D eigenvalue weighted by atomic mass is 32.2. The minimum atomic E-state index is -3.49. The number of carbonyl (C=O) groups is 1. The lowest BCUT2D eigenvalue weighted by molar-refractivity contribution is -0.129. The van der Waals surface area contributed by atoms with Gasteiger partial charge in [-0.3, -0.25) is 9.69 Å². The highest BCUT2D eigenvalue weighted by molar-refractivity contribution is 7.91. The second-order valence-electron chi connectivity index (χ2n) is 7.65. The molecule has 1 aromatic carbocycles. The average Bonchev–Trinajstić information content (AvgIpc) is 3.42. The summed E-state index contributed by atoms with van der Waals surface area (Å²) in [6, 6.07) is 13.7. The molecule has 0 saturated carbocycles. The molecule has 0 radical (unpaired) electrons. The molecule has 3 heterocycles. The molecule has 2 fully saturated rings. The number of sulfonamides is 1. The lowest BCUT2D eigenvalue weighted by Crippen LogP contribution is -2.48. The molecule has 2 aliphatic rings. The molecule has 0 spiro atoms. The minimum Gasteiger partial charge on any atom is -0.342 e. The molecule has 156 valence electrons. The zero-order valence-electron chi connectivity index (χ0n) is 16.5. The van der Waals surface area contributed by atoms with Crippen molar-refractivity contribution in [2.75, 3.05) is 39.3 Å². The van der Waals surface area contributed by atoms with E-state index in [1.165, 1.54) is 16.9 Å². The lowest BCUT2D eigenvalue weighted by Gasteiger charge is -2.33. The molecule has 0 unspecified atom stereocenters. The molecule has 0 N–H and O–H groups in total. The molecule has 4 rings (SSSR count). The molecule has 8 heteroatoms. The summed E-state index contributed by atoms with van der Waals surface area (Å²) in [5, 5.41) is 0. The van der Waals surface area contributed by atoms with Crippen molar-refractivity contribution in [3.8, 4) is 0 Å². The SMILES string of the molecule is O=C(Cc1ccc(S(=O)(=O)N2CCN(Cc3ccccc3)CC2)s1)N1CCCC1. The minimum absolute atomic E-state index is 0.0998. The van der Waals surface area contributed by atoms with Crippen molar-refractivity contribution >= 4 is 27.3 Å². The first kappa shape index (κ1) is 20.5. The highest BCUT2D eigenvalue weighted by Gasteiger charge is 2.30. The second-order valence-corrected chi connectivity index (χ2v) is 11.0. The van der Waals surface area contributed by atoms with Crippen molar-refractivity contribution in [1.29, 1.82) is 0 Å².